The number of hydrogen-bond acceptors (Lipinski definition) is 4. The summed E-state index contributed by atoms with van der Waals surface area (Å²) in [7, 11) is 1.60. The fourth-order valence-electron chi connectivity index (χ4n) is 3.74. The van der Waals surface area contributed by atoms with Crippen LogP contribution in [0.3, 0.4) is 0 Å². The number of anilines is 1. The molecule has 0 saturated heterocycles. The molecule has 2 aromatic carbocycles. The number of amides is 2. The van der Waals surface area contributed by atoms with Gasteiger partial charge in [-0.2, -0.15) is 5.10 Å². The molecule has 1 heterocycles. The second-order valence-electron chi connectivity index (χ2n) is 7.28. The molecule has 29 heavy (non-hydrogen) atoms. The van der Waals surface area contributed by atoms with Crippen molar-refractivity contribution in [2.24, 2.45) is 5.92 Å². The number of H-pyrrole nitrogens is 1. The van der Waals surface area contributed by atoms with E-state index in [1.165, 1.54) is 6.92 Å². The third-order valence-corrected chi connectivity index (χ3v) is 5.31. The van der Waals surface area contributed by atoms with E-state index in [1.807, 2.05) is 48.5 Å². The van der Waals surface area contributed by atoms with E-state index in [9.17, 15) is 9.59 Å². The first-order valence-corrected chi connectivity index (χ1v) is 9.71. The van der Waals surface area contributed by atoms with E-state index in [1.54, 1.807) is 12.0 Å². The smallest absolute Gasteiger partial charge is 0.230 e. The van der Waals surface area contributed by atoms with E-state index >= 15 is 0 Å². The van der Waals surface area contributed by atoms with Crippen LogP contribution in [0.5, 0.6) is 5.75 Å². The normalized spacial score (nSPS) is 17.7. The molecule has 0 radical (unpaired) electrons. The van der Waals surface area contributed by atoms with E-state index in [0.717, 1.165) is 28.7 Å². The van der Waals surface area contributed by atoms with Gasteiger partial charge in [-0.15, -0.1) is 0 Å². The highest BCUT2D eigenvalue weighted by Crippen LogP contribution is 2.50. The van der Waals surface area contributed by atoms with E-state index < -0.39 is 0 Å². The molecule has 0 spiro atoms. The van der Waals surface area contributed by atoms with Gasteiger partial charge in [0, 0.05) is 54.7 Å². The van der Waals surface area contributed by atoms with Gasteiger partial charge in [-0.05, 0) is 24.6 Å². The topological polar surface area (TPSA) is 87.3 Å². The van der Waals surface area contributed by atoms with Crippen LogP contribution >= 0.6 is 0 Å². The maximum atomic E-state index is 13.4. The summed E-state index contributed by atoms with van der Waals surface area (Å²) in [5.74, 6) is 0.640. The predicted octanol–water partition coefficient (Wildman–Crippen LogP) is 2.84. The number of rotatable bonds is 7. The molecule has 1 aliphatic carbocycles. The van der Waals surface area contributed by atoms with Crippen molar-refractivity contribution >= 4 is 28.4 Å². The number of para-hydroxylation sites is 1. The van der Waals surface area contributed by atoms with Crippen LogP contribution in [-0.4, -0.2) is 42.2 Å². The highest BCUT2D eigenvalue weighted by molar-refractivity contribution is 5.98. The Morgan fingerprint density at radius 3 is 2.86 bits per heavy atom. The molecule has 1 saturated carbocycles. The highest BCUT2D eigenvalue weighted by atomic mass is 16.5. The first kappa shape index (κ1) is 19.0. The van der Waals surface area contributed by atoms with Gasteiger partial charge >= 0.3 is 0 Å². The lowest BCUT2D eigenvalue weighted by molar-refractivity contribution is -0.121. The number of aromatic nitrogens is 2. The standard InChI is InChI=1S/C22H24N4O3/c1-14(27)23-10-11-26(15-6-5-7-16(12-15)29-2)22(28)19-13-18(19)21-17-8-3-4-9-20(17)24-25-21/h3-9,12,18-19H,10-11,13H2,1-2H3,(H,23,27)(H,24,25). The summed E-state index contributed by atoms with van der Waals surface area (Å²) in [6.07, 6.45) is 0.783. The summed E-state index contributed by atoms with van der Waals surface area (Å²) in [6.45, 7) is 2.26. The summed E-state index contributed by atoms with van der Waals surface area (Å²) in [6, 6.07) is 15.4. The Morgan fingerprint density at radius 2 is 2.07 bits per heavy atom. The van der Waals surface area contributed by atoms with Gasteiger partial charge in [0.05, 0.1) is 12.6 Å². The van der Waals surface area contributed by atoms with Crippen molar-refractivity contribution < 1.29 is 14.3 Å². The van der Waals surface area contributed by atoms with Gasteiger partial charge in [-0.25, -0.2) is 0 Å². The minimum atomic E-state index is -0.115. The molecule has 0 bridgehead atoms. The number of hydrogen-bond donors (Lipinski definition) is 2. The molecule has 0 aliphatic heterocycles. The van der Waals surface area contributed by atoms with Crippen LogP contribution in [0, 0.1) is 5.92 Å². The predicted molar refractivity (Wildman–Crippen MR) is 111 cm³/mol. The van der Waals surface area contributed by atoms with Gasteiger partial charge in [0.1, 0.15) is 5.75 Å². The Kier molecular flexibility index (Phi) is 5.20. The van der Waals surface area contributed by atoms with Gasteiger partial charge in [0.2, 0.25) is 11.8 Å². The number of carbonyl (C=O) groups is 2. The first-order chi connectivity index (χ1) is 14.1. The minimum Gasteiger partial charge on any atom is -0.497 e. The molecule has 2 amide bonds. The summed E-state index contributed by atoms with van der Waals surface area (Å²) in [5, 5.41) is 11.3. The second-order valence-corrected chi connectivity index (χ2v) is 7.28. The molecule has 1 aliphatic rings. The fraction of sp³-hybridized carbons (Fsp3) is 0.318. The van der Waals surface area contributed by atoms with Crippen molar-refractivity contribution in [1.82, 2.24) is 15.5 Å². The zero-order chi connectivity index (χ0) is 20.4. The van der Waals surface area contributed by atoms with Crippen LogP contribution < -0.4 is 15.0 Å². The molecular formula is C22H24N4O3. The zero-order valence-corrected chi connectivity index (χ0v) is 16.5. The molecule has 2 atom stereocenters. The van der Waals surface area contributed by atoms with Crippen molar-refractivity contribution in [1.29, 1.82) is 0 Å². The number of aromatic amines is 1. The van der Waals surface area contributed by atoms with E-state index in [-0.39, 0.29) is 23.7 Å². The number of methoxy groups -OCH3 is 1. The molecule has 1 fully saturated rings. The monoisotopic (exact) mass is 392 g/mol. The second kappa shape index (κ2) is 7.95. The van der Waals surface area contributed by atoms with Gasteiger partial charge in [0.15, 0.2) is 0 Å². The molecule has 2 N–H and O–H groups in total. The van der Waals surface area contributed by atoms with Crippen molar-refractivity contribution in [3.63, 3.8) is 0 Å². The Hall–Kier alpha value is -3.35. The quantitative estimate of drug-likeness (QED) is 0.647. The molecule has 7 heteroatoms. The summed E-state index contributed by atoms with van der Waals surface area (Å²) < 4.78 is 5.31. The molecule has 7 nitrogen and oxygen atoms in total. The van der Waals surface area contributed by atoms with E-state index in [0.29, 0.717) is 18.8 Å². The van der Waals surface area contributed by atoms with Crippen molar-refractivity contribution in [3.8, 4) is 5.75 Å². The first-order valence-electron chi connectivity index (χ1n) is 9.71. The van der Waals surface area contributed by atoms with Crippen LogP contribution in [0.4, 0.5) is 5.69 Å². The number of nitrogens with zero attached hydrogens (tertiary/aromatic N) is 2. The molecule has 3 aromatic rings. The number of nitrogens with one attached hydrogen (secondary N) is 2. The zero-order valence-electron chi connectivity index (χ0n) is 16.5. The van der Waals surface area contributed by atoms with E-state index in [2.05, 4.69) is 15.5 Å². The molecule has 150 valence electrons. The Morgan fingerprint density at radius 1 is 1.24 bits per heavy atom. The lowest BCUT2D eigenvalue weighted by atomic mass is 10.1. The molecule has 4 rings (SSSR count). The Labute approximate surface area is 169 Å². The highest BCUT2D eigenvalue weighted by Gasteiger charge is 2.47. The third-order valence-electron chi connectivity index (χ3n) is 5.31. The number of fused-ring (bicyclic) bond motifs is 1. The maximum Gasteiger partial charge on any atom is 0.230 e. The number of ether oxygens (including phenoxy) is 1. The lowest BCUT2D eigenvalue weighted by Crippen LogP contribution is -2.39. The number of benzene rings is 2. The van der Waals surface area contributed by atoms with Gasteiger partial charge in [-0.1, -0.05) is 24.3 Å². The van der Waals surface area contributed by atoms with Crippen LogP contribution in [-0.2, 0) is 9.59 Å². The molecular weight excluding hydrogens is 368 g/mol. The van der Waals surface area contributed by atoms with Crippen LogP contribution in [0.1, 0.15) is 25.0 Å². The average Bonchev–Trinajstić information content (AvgIpc) is 3.41. The maximum absolute atomic E-state index is 13.4. The molecule has 2 unspecified atom stereocenters. The van der Waals surface area contributed by atoms with Crippen molar-refractivity contribution in [3.05, 3.63) is 54.2 Å². The van der Waals surface area contributed by atoms with Crippen LogP contribution in [0.15, 0.2) is 48.5 Å². The van der Waals surface area contributed by atoms with Gasteiger partial charge < -0.3 is 15.0 Å². The van der Waals surface area contributed by atoms with Crippen LogP contribution in [0.2, 0.25) is 0 Å². The lowest BCUT2D eigenvalue weighted by Gasteiger charge is -2.23. The summed E-state index contributed by atoms with van der Waals surface area (Å²) in [5.41, 5.74) is 2.70. The fourth-order valence-corrected chi connectivity index (χ4v) is 3.74. The van der Waals surface area contributed by atoms with Gasteiger partial charge in [0.25, 0.3) is 0 Å². The van der Waals surface area contributed by atoms with E-state index in [4.69, 9.17) is 4.74 Å². The molecule has 1 aromatic heterocycles. The summed E-state index contributed by atoms with van der Waals surface area (Å²) >= 11 is 0. The SMILES string of the molecule is COc1cccc(N(CCNC(C)=O)C(=O)C2CC2c2[nH]nc3ccccc23)c1. The van der Waals surface area contributed by atoms with Crippen molar-refractivity contribution in [2.75, 3.05) is 25.1 Å². The van der Waals surface area contributed by atoms with Crippen LogP contribution in [0.25, 0.3) is 10.9 Å². The minimum absolute atomic E-state index is 0.0484. The Bertz CT molecular complexity index is 1050. The van der Waals surface area contributed by atoms with Crippen molar-refractivity contribution in [2.45, 2.75) is 19.3 Å². The Balaban J connectivity index is 1.55. The van der Waals surface area contributed by atoms with Gasteiger partial charge in [-0.3, -0.25) is 14.7 Å². The summed E-state index contributed by atoms with van der Waals surface area (Å²) in [4.78, 5) is 26.4. The third kappa shape index (κ3) is 3.94. The number of carbonyl (C=O) groups excluding carboxylic acids is 2. The largest absolute Gasteiger partial charge is 0.497 e. The average molecular weight is 392 g/mol.